The van der Waals surface area contributed by atoms with Crippen molar-refractivity contribution in [2.45, 2.75) is 32.1 Å². The molecule has 0 radical (unpaired) electrons. The van der Waals surface area contributed by atoms with Crippen LogP contribution in [0.15, 0.2) is 47.5 Å². The van der Waals surface area contributed by atoms with E-state index in [9.17, 15) is 9.90 Å². The van der Waals surface area contributed by atoms with Crippen molar-refractivity contribution in [2.75, 3.05) is 7.11 Å². The standard InChI is InChI=1S/C22H20N2O4/c1-4-22(26)12(2)28-11-16-17(22)9-19-20-14(10-24(19)21(16)25)7-13-8-15(27-3)5-6-18(13)23-20/h5-9,26H,2,4,10-11H2,1,3H3/t22-/m1/s1. The minimum atomic E-state index is -1.37. The molecule has 0 saturated heterocycles. The van der Waals surface area contributed by atoms with Crippen molar-refractivity contribution in [2.24, 2.45) is 0 Å². The summed E-state index contributed by atoms with van der Waals surface area (Å²) in [6.07, 6.45) is 0.375. The molecule has 3 aromatic rings. The average Bonchev–Trinajstić information content (AvgIpc) is 3.07. The number of methoxy groups -OCH3 is 1. The van der Waals surface area contributed by atoms with Crippen LogP contribution in [-0.2, 0) is 23.5 Å². The molecule has 1 atom stereocenters. The quantitative estimate of drug-likeness (QED) is 0.582. The number of hydrogen-bond acceptors (Lipinski definition) is 5. The number of benzene rings is 1. The highest BCUT2D eigenvalue weighted by molar-refractivity contribution is 5.85. The first-order chi connectivity index (χ1) is 13.5. The lowest BCUT2D eigenvalue weighted by molar-refractivity contribution is -0.0172. The summed E-state index contributed by atoms with van der Waals surface area (Å²) in [7, 11) is 1.63. The predicted octanol–water partition coefficient (Wildman–Crippen LogP) is 3.08. The van der Waals surface area contributed by atoms with Gasteiger partial charge in [-0.3, -0.25) is 4.79 Å². The second kappa shape index (κ2) is 5.69. The van der Waals surface area contributed by atoms with Crippen LogP contribution < -0.4 is 10.3 Å². The maximum Gasteiger partial charge on any atom is 0.258 e. The van der Waals surface area contributed by atoms with Crippen LogP contribution in [0.4, 0.5) is 0 Å². The first kappa shape index (κ1) is 17.0. The van der Waals surface area contributed by atoms with Crippen LogP contribution in [0.2, 0.25) is 0 Å². The lowest BCUT2D eigenvalue weighted by Crippen LogP contribution is -2.38. The van der Waals surface area contributed by atoms with Crippen molar-refractivity contribution >= 4 is 10.9 Å². The van der Waals surface area contributed by atoms with Gasteiger partial charge in [-0.1, -0.05) is 13.5 Å². The Morgan fingerprint density at radius 3 is 2.93 bits per heavy atom. The number of rotatable bonds is 2. The Kier molecular flexibility index (Phi) is 3.46. The lowest BCUT2D eigenvalue weighted by atomic mass is 9.84. The maximum atomic E-state index is 13.2. The largest absolute Gasteiger partial charge is 0.497 e. The monoisotopic (exact) mass is 376 g/mol. The molecule has 4 heterocycles. The highest BCUT2D eigenvalue weighted by Crippen LogP contribution is 2.41. The van der Waals surface area contributed by atoms with E-state index in [1.54, 1.807) is 11.7 Å². The summed E-state index contributed by atoms with van der Waals surface area (Å²) in [5.41, 5.74) is 2.84. The third-order valence-electron chi connectivity index (χ3n) is 5.88. The zero-order valence-electron chi connectivity index (χ0n) is 15.8. The van der Waals surface area contributed by atoms with Crippen molar-refractivity contribution < 1.29 is 14.6 Å². The molecule has 0 amide bonds. The van der Waals surface area contributed by atoms with E-state index in [1.165, 1.54) is 0 Å². The fourth-order valence-corrected chi connectivity index (χ4v) is 4.21. The number of ether oxygens (including phenoxy) is 2. The second-order valence-electron chi connectivity index (χ2n) is 7.29. The number of fused-ring (bicyclic) bond motifs is 5. The predicted molar refractivity (Wildman–Crippen MR) is 105 cm³/mol. The summed E-state index contributed by atoms with van der Waals surface area (Å²) in [5.74, 6) is 1.05. The molecule has 2 aliphatic rings. The van der Waals surface area contributed by atoms with Gasteiger partial charge >= 0.3 is 0 Å². The molecule has 2 aromatic heterocycles. The normalized spacial score (nSPS) is 19.8. The van der Waals surface area contributed by atoms with E-state index in [-0.39, 0.29) is 17.9 Å². The topological polar surface area (TPSA) is 73.6 Å². The van der Waals surface area contributed by atoms with Crippen LogP contribution in [-0.4, -0.2) is 21.8 Å². The summed E-state index contributed by atoms with van der Waals surface area (Å²) in [4.78, 5) is 18.0. The molecular weight excluding hydrogens is 356 g/mol. The zero-order chi connectivity index (χ0) is 19.6. The van der Waals surface area contributed by atoms with Crippen LogP contribution in [0.5, 0.6) is 5.75 Å². The molecule has 5 rings (SSSR count). The average molecular weight is 376 g/mol. The van der Waals surface area contributed by atoms with E-state index in [0.717, 1.165) is 33.6 Å². The SMILES string of the molecule is C=C1OCc2c(cc3n(c2=O)Cc2cc4cc(OC)ccc4nc2-3)[C@@]1(O)CC. The van der Waals surface area contributed by atoms with Crippen molar-refractivity contribution in [3.8, 4) is 17.1 Å². The molecule has 1 N–H and O–H groups in total. The van der Waals surface area contributed by atoms with Gasteiger partial charge in [-0.05, 0) is 36.8 Å². The third kappa shape index (κ3) is 2.12. The van der Waals surface area contributed by atoms with Crippen LogP contribution in [0.1, 0.15) is 30.0 Å². The molecule has 6 heteroatoms. The molecule has 2 aliphatic heterocycles. The molecule has 0 saturated carbocycles. The minimum Gasteiger partial charge on any atom is -0.497 e. The van der Waals surface area contributed by atoms with Gasteiger partial charge in [0.05, 0.1) is 36.1 Å². The third-order valence-corrected chi connectivity index (χ3v) is 5.88. The van der Waals surface area contributed by atoms with Gasteiger partial charge in [0.1, 0.15) is 23.7 Å². The second-order valence-corrected chi connectivity index (χ2v) is 7.29. The summed E-state index contributed by atoms with van der Waals surface area (Å²) in [6.45, 7) is 6.27. The first-order valence-electron chi connectivity index (χ1n) is 9.26. The molecule has 142 valence electrons. The van der Waals surface area contributed by atoms with E-state index >= 15 is 0 Å². The Bertz CT molecular complexity index is 1230. The number of pyridine rings is 2. The summed E-state index contributed by atoms with van der Waals surface area (Å²) < 4.78 is 12.5. The van der Waals surface area contributed by atoms with Gasteiger partial charge in [0, 0.05) is 16.5 Å². The minimum absolute atomic E-state index is 0.124. The molecule has 6 nitrogen and oxygen atoms in total. The number of nitrogens with zero attached hydrogens (tertiary/aromatic N) is 2. The van der Waals surface area contributed by atoms with Gasteiger partial charge in [0.15, 0.2) is 0 Å². The van der Waals surface area contributed by atoms with Gasteiger partial charge in [-0.25, -0.2) is 4.98 Å². The summed E-state index contributed by atoms with van der Waals surface area (Å²) in [6, 6.07) is 9.64. The van der Waals surface area contributed by atoms with Gasteiger partial charge in [0.2, 0.25) is 0 Å². The van der Waals surface area contributed by atoms with E-state index < -0.39 is 5.60 Å². The van der Waals surface area contributed by atoms with Crippen molar-refractivity contribution in [1.29, 1.82) is 0 Å². The smallest absolute Gasteiger partial charge is 0.258 e. The Morgan fingerprint density at radius 1 is 1.36 bits per heavy atom. The van der Waals surface area contributed by atoms with Crippen LogP contribution in [0.3, 0.4) is 0 Å². The fourth-order valence-electron chi connectivity index (χ4n) is 4.21. The van der Waals surface area contributed by atoms with Gasteiger partial charge < -0.3 is 19.1 Å². The Morgan fingerprint density at radius 2 is 2.18 bits per heavy atom. The lowest BCUT2D eigenvalue weighted by Gasteiger charge is -2.35. The molecule has 0 unspecified atom stereocenters. The number of hydrogen-bond donors (Lipinski definition) is 1. The van der Waals surface area contributed by atoms with Crippen molar-refractivity contribution in [1.82, 2.24) is 9.55 Å². The van der Waals surface area contributed by atoms with Crippen LogP contribution in [0.25, 0.3) is 22.3 Å². The molecule has 1 aromatic carbocycles. The van der Waals surface area contributed by atoms with Gasteiger partial charge in [-0.15, -0.1) is 0 Å². The summed E-state index contributed by atoms with van der Waals surface area (Å²) in [5, 5.41) is 12.1. The van der Waals surface area contributed by atoms with Crippen LogP contribution >= 0.6 is 0 Å². The fraction of sp³-hybridized carbons (Fsp3) is 0.273. The Labute approximate surface area is 161 Å². The van der Waals surface area contributed by atoms with E-state index in [0.29, 0.717) is 24.1 Å². The highest BCUT2D eigenvalue weighted by Gasteiger charge is 2.41. The Hall–Kier alpha value is -3.12. The van der Waals surface area contributed by atoms with Crippen LogP contribution in [0, 0.1) is 0 Å². The molecule has 0 bridgehead atoms. The number of aliphatic hydroxyl groups is 1. The Balaban J connectivity index is 1.76. The van der Waals surface area contributed by atoms with Crippen molar-refractivity contribution in [3.63, 3.8) is 0 Å². The van der Waals surface area contributed by atoms with E-state index in [1.807, 2.05) is 37.3 Å². The highest BCUT2D eigenvalue weighted by atomic mass is 16.5. The summed E-state index contributed by atoms with van der Waals surface area (Å²) >= 11 is 0. The van der Waals surface area contributed by atoms with E-state index in [2.05, 4.69) is 6.58 Å². The zero-order valence-corrected chi connectivity index (χ0v) is 15.8. The molecule has 0 spiro atoms. The van der Waals surface area contributed by atoms with Gasteiger partial charge in [-0.2, -0.15) is 0 Å². The molecular formula is C22H20N2O4. The van der Waals surface area contributed by atoms with Gasteiger partial charge in [0.25, 0.3) is 5.56 Å². The maximum absolute atomic E-state index is 13.2. The van der Waals surface area contributed by atoms with Crippen molar-refractivity contribution in [3.05, 3.63) is 69.7 Å². The van der Waals surface area contributed by atoms with E-state index in [4.69, 9.17) is 14.5 Å². The molecule has 0 aliphatic carbocycles. The first-order valence-corrected chi connectivity index (χ1v) is 9.26. The molecule has 28 heavy (non-hydrogen) atoms. The molecule has 0 fully saturated rings. The number of aromatic nitrogens is 2.